The molecule has 436 valence electrons. The molecule has 12 rings (SSSR count). The maximum Gasteiger partial charge on any atom is 0.127 e. The van der Waals surface area contributed by atoms with E-state index >= 15 is 0 Å². The predicted octanol–water partition coefficient (Wildman–Crippen LogP) is 11.1. The minimum atomic E-state index is 0.697. The molecular weight excluding hydrogens is 1050 g/mol. The Bertz CT molecular complexity index is 2980. The quantitative estimate of drug-likeness (QED) is 0.100. The molecule has 4 N–H and O–H groups in total. The van der Waals surface area contributed by atoms with Crippen molar-refractivity contribution in [3.63, 3.8) is 0 Å². The molecule has 0 amide bonds. The molecule has 4 aliphatic heterocycles. The topological polar surface area (TPSA) is 128 Å². The van der Waals surface area contributed by atoms with Crippen LogP contribution in [-0.4, -0.2) is 152 Å². The highest BCUT2D eigenvalue weighted by molar-refractivity contribution is 5.62. The Balaban J connectivity index is 0.000000425. The molecule has 0 saturated carbocycles. The Morgan fingerprint density at radius 3 is 0.512 bits per heavy atom. The number of nitrogens with zero attached hydrogens (tertiary/aromatic N) is 12. The summed E-state index contributed by atoms with van der Waals surface area (Å²) in [5, 5.41) is 0. The van der Waals surface area contributed by atoms with Crippen molar-refractivity contribution in [1.82, 2.24) is 29.4 Å². The van der Waals surface area contributed by atoms with Crippen LogP contribution in [0.3, 0.4) is 0 Å². The van der Waals surface area contributed by atoms with Crippen molar-refractivity contribution in [2.45, 2.75) is 0 Å². The predicted molar refractivity (Wildman–Crippen MR) is 341 cm³/mol. The Labute approximate surface area is 495 Å². The third-order valence-electron chi connectivity index (χ3n) is 14.9. The van der Waals surface area contributed by atoms with Gasteiger partial charge in [0.25, 0.3) is 0 Å². The monoisotopic (exact) mass is 1130 g/mol. The Morgan fingerprint density at radius 1 is 0.202 bits per heavy atom. The molecule has 0 bridgehead atoms. The van der Waals surface area contributed by atoms with E-state index in [1.54, 1.807) is 24.3 Å². The van der Waals surface area contributed by atoms with Crippen LogP contribution in [0.25, 0.3) is 0 Å². The summed E-state index contributed by atoms with van der Waals surface area (Å²) >= 11 is 0. The summed E-state index contributed by atoms with van der Waals surface area (Å²) in [6, 6.07) is 64.9. The molecule has 8 aromatic carbocycles. The van der Waals surface area contributed by atoms with Gasteiger partial charge >= 0.3 is 0 Å². The molecule has 0 aliphatic carbocycles. The van der Waals surface area contributed by atoms with Gasteiger partial charge in [-0.1, -0.05) is 0 Å². The Kier molecular flexibility index (Phi) is 17.7. The lowest BCUT2D eigenvalue weighted by Crippen LogP contribution is -2.55. The minimum absolute atomic E-state index is 0.697. The van der Waals surface area contributed by atoms with Crippen molar-refractivity contribution in [1.29, 1.82) is 0 Å². The third kappa shape index (κ3) is 15.0. The van der Waals surface area contributed by atoms with Gasteiger partial charge in [0, 0.05) is 45.5 Å². The fourth-order valence-electron chi connectivity index (χ4n) is 11.1. The lowest BCUT2D eigenvalue weighted by Gasteiger charge is -2.45. The molecule has 4 saturated heterocycles. The summed E-state index contributed by atoms with van der Waals surface area (Å²) in [5.74, 6) is 6.34. The van der Waals surface area contributed by atoms with Gasteiger partial charge in [0.15, 0.2) is 0 Å². The minimum Gasteiger partial charge on any atom is -0.457 e. The maximum absolute atomic E-state index is 6.36. The van der Waals surface area contributed by atoms with Gasteiger partial charge in [0.05, 0.1) is 80.0 Å². The number of anilines is 8. The van der Waals surface area contributed by atoms with Crippen LogP contribution in [0.1, 0.15) is 0 Å². The normalized spacial score (nSPS) is 17.0. The van der Waals surface area contributed by atoms with E-state index in [0.717, 1.165) is 134 Å². The van der Waals surface area contributed by atoms with Gasteiger partial charge in [-0.05, 0) is 236 Å². The second-order valence-corrected chi connectivity index (χ2v) is 22.6. The lowest BCUT2D eigenvalue weighted by molar-refractivity contribution is 0.135. The second kappa shape index (κ2) is 26.1. The molecule has 4 heterocycles. The van der Waals surface area contributed by atoms with Crippen molar-refractivity contribution >= 4 is 45.5 Å². The van der Waals surface area contributed by atoms with E-state index in [9.17, 15) is 0 Å². The van der Waals surface area contributed by atoms with Crippen LogP contribution < -0.4 is 59.8 Å². The standard InChI is InChI=1S/C54H66N12O3.C12H12N2O/c1-55-31-56(2)35-61(34-55)43-7-19-49(20-8-43)67-52-25-13-46(14-26-52)64-40-65(47-15-27-53(28-16-47)68-50-21-9-44(10-22-50)62-36-57(3)32-58(4)37-62)42-66(41-64)48-17-29-54(30-18-48)69-51-23-11-45(12-24-51)63-38-59(5)33-60(6)39-63;13-9-1-5-11(6-2-9)15-12-7-3-10(14)4-8-12/h7-30H,31-42H2,1-6H3;1-8H,13-14H2. The van der Waals surface area contributed by atoms with Crippen LogP contribution in [0.4, 0.5) is 45.5 Å². The highest BCUT2D eigenvalue weighted by Crippen LogP contribution is 2.34. The number of ether oxygens (including phenoxy) is 4. The fraction of sp³-hybridized carbons (Fsp3) is 0.273. The van der Waals surface area contributed by atoms with E-state index in [2.05, 4.69) is 247 Å². The van der Waals surface area contributed by atoms with Crippen molar-refractivity contribution in [2.75, 3.05) is 163 Å². The summed E-state index contributed by atoms with van der Waals surface area (Å²) in [7, 11) is 12.9. The highest BCUT2D eigenvalue weighted by Gasteiger charge is 2.26. The number of nitrogens with two attached hydrogens (primary N) is 2. The first kappa shape index (κ1) is 57.0. The highest BCUT2D eigenvalue weighted by atomic mass is 16.5. The SMILES string of the molecule is CN1CN(C)CN(c2ccc(Oc3ccc(N4CN(c5ccc(Oc6ccc(N7CN(C)CN(C)C7)cc6)cc5)CN(c5ccc(Oc6ccc(N7CN(C)CN(C)C7)cc6)cc5)C4)cc3)cc2)C1.Nc1ccc(Oc2ccc(N)cc2)cc1. The number of hydrogen-bond acceptors (Lipinski definition) is 18. The number of benzene rings is 8. The van der Waals surface area contributed by atoms with E-state index in [1.807, 2.05) is 24.3 Å². The summed E-state index contributed by atoms with van der Waals surface area (Å²) in [6.45, 7) is 10.4. The number of rotatable bonds is 14. The van der Waals surface area contributed by atoms with Gasteiger partial charge in [-0.15, -0.1) is 0 Å². The summed E-state index contributed by atoms with van der Waals surface area (Å²) in [5.41, 5.74) is 19.4. The maximum atomic E-state index is 6.36. The first-order valence-corrected chi connectivity index (χ1v) is 28.4. The average molecular weight is 1130 g/mol. The van der Waals surface area contributed by atoms with Gasteiger partial charge in [0.1, 0.15) is 46.0 Å². The first-order chi connectivity index (χ1) is 40.7. The molecule has 0 atom stereocenters. The van der Waals surface area contributed by atoms with Crippen molar-refractivity contribution in [3.05, 3.63) is 194 Å². The molecule has 18 nitrogen and oxygen atoms in total. The molecule has 18 heteroatoms. The summed E-state index contributed by atoms with van der Waals surface area (Å²) < 4.78 is 24.7. The van der Waals surface area contributed by atoms with Crippen LogP contribution in [0.5, 0.6) is 46.0 Å². The molecule has 0 unspecified atom stereocenters. The Hall–Kier alpha value is -8.88. The van der Waals surface area contributed by atoms with E-state index < -0.39 is 0 Å². The zero-order chi connectivity index (χ0) is 58.1. The van der Waals surface area contributed by atoms with Gasteiger partial charge in [-0.2, -0.15) is 0 Å². The fourth-order valence-corrected chi connectivity index (χ4v) is 11.1. The number of nitrogen functional groups attached to an aromatic ring is 2. The molecular formula is C66H78N14O4. The third-order valence-corrected chi connectivity index (χ3v) is 14.9. The van der Waals surface area contributed by atoms with Crippen LogP contribution >= 0.6 is 0 Å². The largest absolute Gasteiger partial charge is 0.457 e. The van der Waals surface area contributed by atoms with Crippen LogP contribution in [0, 0.1) is 0 Å². The van der Waals surface area contributed by atoms with Gasteiger partial charge in [0.2, 0.25) is 0 Å². The van der Waals surface area contributed by atoms with Crippen LogP contribution in [0.15, 0.2) is 194 Å². The smallest absolute Gasteiger partial charge is 0.127 e. The van der Waals surface area contributed by atoms with E-state index in [1.165, 1.54) is 17.1 Å². The molecule has 0 radical (unpaired) electrons. The zero-order valence-corrected chi connectivity index (χ0v) is 49.1. The summed E-state index contributed by atoms with van der Waals surface area (Å²) in [4.78, 5) is 28.1. The van der Waals surface area contributed by atoms with Gasteiger partial charge < -0.3 is 59.8 Å². The zero-order valence-electron chi connectivity index (χ0n) is 49.1. The molecule has 4 aliphatic rings. The lowest BCUT2D eigenvalue weighted by atomic mass is 10.2. The molecule has 8 aromatic rings. The average Bonchev–Trinajstić information content (AvgIpc) is 3.69. The van der Waals surface area contributed by atoms with Gasteiger partial charge in [-0.25, -0.2) is 0 Å². The first-order valence-electron chi connectivity index (χ1n) is 28.4. The van der Waals surface area contributed by atoms with Crippen molar-refractivity contribution in [2.24, 2.45) is 0 Å². The van der Waals surface area contributed by atoms with Gasteiger partial charge in [-0.3, -0.25) is 29.4 Å². The van der Waals surface area contributed by atoms with Crippen molar-refractivity contribution < 1.29 is 18.9 Å². The van der Waals surface area contributed by atoms with Crippen LogP contribution in [-0.2, 0) is 0 Å². The molecule has 84 heavy (non-hydrogen) atoms. The molecule has 0 aromatic heterocycles. The van der Waals surface area contributed by atoms with E-state index in [4.69, 9.17) is 30.4 Å². The second-order valence-electron chi connectivity index (χ2n) is 22.6. The molecule has 4 fully saturated rings. The van der Waals surface area contributed by atoms with E-state index in [-0.39, 0.29) is 0 Å². The Morgan fingerprint density at radius 2 is 0.345 bits per heavy atom. The number of hydrogen-bond donors (Lipinski definition) is 2. The molecule has 0 spiro atoms. The van der Waals surface area contributed by atoms with Crippen molar-refractivity contribution in [3.8, 4) is 46.0 Å². The van der Waals surface area contributed by atoms with Crippen LogP contribution in [0.2, 0.25) is 0 Å². The van der Waals surface area contributed by atoms with E-state index in [0.29, 0.717) is 20.0 Å². The summed E-state index contributed by atoms with van der Waals surface area (Å²) in [6.07, 6.45) is 0.